The van der Waals surface area contributed by atoms with Gasteiger partial charge in [0.15, 0.2) is 0 Å². The van der Waals surface area contributed by atoms with Gasteiger partial charge in [0.05, 0.1) is 11.3 Å². The summed E-state index contributed by atoms with van der Waals surface area (Å²) in [7, 11) is 0. The molecule has 126 valence electrons. The number of carbonyl (C=O) groups is 2. The zero-order chi connectivity index (χ0) is 18.0. The van der Waals surface area contributed by atoms with Crippen molar-refractivity contribution in [2.75, 3.05) is 5.32 Å². The second-order valence-electron chi connectivity index (χ2n) is 5.52. The normalized spacial score (nSPS) is 10.5. The molecule has 0 saturated heterocycles. The van der Waals surface area contributed by atoms with Crippen molar-refractivity contribution < 1.29 is 14.7 Å². The highest BCUT2D eigenvalue weighted by Gasteiger charge is 2.14. The van der Waals surface area contributed by atoms with E-state index in [9.17, 15) is 14.7 Å². The summed E-state index contributed by atoms with van der Waals surface area (Å²) in [6.45, 7) is 3.55. The third-order valence-electron chi connectivity index (χ3n) is 3.70. The Bertz CT molecular complexity index is 929. The Hall–Kier alpha value is -3.48. The van der Waals surface area contributed by atoms with Crippen molar-refractivity contribution in [1.29, 1.82) is 0 Å². The summed E-state index contributed by atoms with van der Waals surface area (Å²) in [5.41, 5.74) is 1.51. The van der Waals surface area contributed by atoms with Crippen LogP contribution < -0.4 is 5.32 Å². The molecule has 0 fully saturated rings. The molecule has 25 heavy (non-hydrogen) atoms. The van der Waals surface area contributed by atoms with Crippen LogP contribution in [-0.4, -0.2) is 31.7 Å². The molecule has 2 N–H and O–H groups in total. The molecule has 7 nitrogen and oxygen atoms in total. The first kappa shape index (κ1) is 16.4. The van der Waals surface area contributed by atoms with E-state index in [1.54, 1.807) is 48.7 Å². The number of aryl methyl sites for hydroxylation is 2. The standard InChI is InChI=1S/C18H16N4O3/c1-11-20-21-12(2)22(11)16-9-14(18(24)25)8-15(10-16)19-17(23)13-6-4-3-5-7-13/h3-10H,1-2H3,(H,19,23)(H,24,25). The van der Waals surface area contributed by atoms with E-state index >= 15 is 0 Å². The van der Waals surface area contributed by atoms with Gasteiger partial charge in [0.1, 0.15) is 11.6 Å². The van der Waals surface area contributed by atoms with Gasteiger partial charge in [-0.15, -0.1) is 10.2 Å². The first-order chi connectivity index (χ1) is 12.0. The molecule has 1 aromatic heterocycles. The Morgan fingerprint density at radius 1 is 0.960 bits per heavy atom. The topological polar surface area (TPSA) is 97.1 Å². The molecule has 0 unspecified atom stereocenters. The molecular formula is C18H16N4O3. The molecule has 0 atom stereocenters. The summed E-state index contributed by atoms with van der Waals surface area (Å²) >= 11 is 0. The highest BCUT2D eigenvalue weighted by molar-refractivity contribution is 6.05. The lowest BCUT2D eigenvalue weighted by Crippen LogP contribution is -2.13. The van der Waals surface area contributed by atoms with Gasteiger partial charge >= 0.3 is 5.97 Å². The fraction of sp³-hybridized carbons (Fsp3) is 0.111. The number of aromatic nitrogens is 3. The largest absolute Gasteiger partial charge is 0.478 e. The summed E-state index contributed by atoms with van der Waals surface area (Å²) in [6.07, 6.45) is 0. The van der Waals surface area contributed by atoms with Crippen LogP contribution in [0.15, 0.2) is 48.5 Å². The number of carboxylic acids is 1. The second kappa shape index (κ2) is 6.56. The van der Waals surface area contributed by atoms with Gasteiger partial charge in [-0.2, -0.15) is 0 Å². The number of amides is 1. The van der Waals surface area contributed by atoms with Gasteiger partial charge in [0.2, 0.25) is 0 Å². The molecule has 0 radical (unpaired) electrons. The van der Waals surface area contributed by atoms with Crippen LogP contribution in [0, 0.1) is 13.8 Å². The first-order valence-corrected chi connectivity index (χ1v) is 7.59. The fourth-order valence-electron chi connectivity index (χ4n) is 2.57. The number of nitrogens with zero attached hydrogens (tertiary/aromatic N) is 3. The number of nitrogens with one attached hydrogen (secondary N) is 1. The fourth-order valence-corrected chi connectivity index (χ4v) is 2.57. The lowest BCUT2D eigenvalue weighted by Gasteiger charge is -2.12. The Morgan fingerprint density at radius 2 is 1.60 bits per heavy atom. The quantitative estimate of drug-likeness (QED) is 0.763. The smallest absolute Gasteiger partial charge is 0.335 e. The van der Waals surface area contributed by atoms with Crippen molar-refractivity contribution in [3.05, 3.63) is 71.3 Å². The zero-order valence-corrected chi connectivity index (χ0v) is 13.7. The average Bonchev–Trinajstić information content (AvgIpc) is 2.94. The van der Waals surface area contributed by atoms with Gasteiger partial charge in [-0.25, -0.2) is 4.79 Å². The van der Waals surface area contributed by atoms with Crippen molar-refractivity contribution in [3.8, 4) is 5.69 Å². The van der Waals surface area contributed by atoms with Crippen LogP contribution in [0.4, 0.5) is 5.69 Å². The zero-order valence-electron chi connectivity index (χ0n) is 13.7. The first-order valence-electron chi connectivity index (χ1n) is 7.59. The van der Waals surface area contributed by atoms with Crippen LogP contribution >= 0.6 is 0 Å². The molecule has 0 bridgehead atoms. The molecule has 0 aliphatic rings. The van der Waals surface area contributed by atoms with E-state index < -0.39 is 5.97 Å². The second-order valence-corrected chi connectivity index (χ2v) is 5.52. The molecule has 2 aromatic carbocycles. The van der Waals surface area contributed by atoms with E-state index in [-0.39, 0.29) is 11.5 Å². The van der Waals surface area contributed by atoms with Crippen LogP contribution in [0.2, 0.25) is 0 Å². The molecule has 0 aliphatic carbocycles. The van der Waals surface area contributed by atoms with Crippen LogP contribution in [-0.2, 0) is 0 Å². The maximum Gasteiger partial charge on any atom is 0.335 e. The summed E-state index contributed by atoms with van der Waals surface area (Å²) in [5.74, 6) is -0.146. The summed E-state index contributed by atoms with van der Waals surface area (Å²) < 4.78 is 1.73. The predicted molar refractivity (Wildman–Crippen MR) is 92.2 cm³/mol. The number of benzene rings is 2. The SMILES string of the molecule is Cc1nnc(C)n1-c1cc(NC(=O)c2ccccc2)cc(C(=O)O)c1. The molecule has 0 spiro atoms. The molecule has 1 amide bonds. The van der Waals surface area contributed by atoms with Crippen molar-refractivity contribution >= 4 is 17.6 Å². The van der Waals surface area contributed by atoms with Gasteiger partial charge in [-0.05, 0) is 44.2 Å². The number of aromatic carboxylic acids is 1. The summed E-state index contributed by atoms with van der Waals surface area (Å²) in [6, 6.07) is 13.3. The van der Waals surface area contributed by atoms with Crippen LogP contribution in [0.25, 0.3) is 5.69 Å². The number of rotatable bonds is 4. The summed E-state index contributed by atoms with van der Waals surface area (Å²) in [5, 5.41) is 20.1. The van der Waals surface area contributed by atoms with Gasteiger partial charge in [0, 0.05) is 11.3 Å². The Kier molecular flexibility index (Phi) is 4.30. The molecule has 7 heteroatoms. The van der Waals surface area contributed by atoms with Gasteiger partial charge in [0.25, 0.3) is 5.91 Å². The van der Waals surface area contributed by atoms with E-state index in [0.717, 1.165) is 0 Å². The van der Waals surface area contributed by atoms with E-state index in [1.807, 2.05) is 6.07 Å². The Balaban J connectivity index is 2.02. The number of anilines is 1. The van der Waals surface area contributed by atoms with Gasteiger partial charge < -0.3 is 10.4 Å². The van der Waals surface area contributed by atoms with Crippen molar-refractivity contribution in [1.82, 2.24) is 14.8 Å². The van der Waals surface area contributed by atoms with Crippen LogP contribution in [0.1, 0.15) is 32.4 Å². The third-order valence-corrected chi connectivity index (χ3v) is 3.70. The number of hydrogen-bond donors (Lipinski definition) is 2. The molecule has 0 aliphatic heterocycles. The van der Waals surface area contributed by atoms with E-state index in [0.29, 0.717) is 28.6 Å². The lowest BCUT2D eigenvalue weighted by atomic mass is 10.1. The molecule has 3 aromatic rings. The highest BCUT2D eigenvalue weighted by atomic mass is 16.4. The Labute approximate surface area is 143 Å². The average molecular weight is 336 g/mol. The number of carboxylic acid groups (broad SMARTS) is 1. The number of carbonyl (C=O) groups excluding carboxylic acids is 1. The van der Waals surface area contributed by atoms with Gasteiger partial charge in [-0.1, -0.05) is 18.2 Å². The molecular weight excluding hydrogens is 320 g/mol. The van der Waals surface area contributed by atoms with Crippen molar-refractivity contribution in [3.63, 3.8) is 0 Å². The molecule has 1 heterocycles. The lowest BCUT2D eigenvalue weighted by molar-refractivity contribution is 0.0696. The highest BCUT2D eigenvalue weighted by Crippen LogP contribution is 2.21. The number of hydrogen-bond acceptors (Lipinski definition) is 4. The van der Waals surface area contributed by atoms with Crippen molar-refractivity contribution in [2.24, 2.45) is 0 Å². The summed E-state index contributed by atoms with van der Waals surface area (Å²) in [4.78, 5) is 23.8. The minimum atomic E-state index is -1.08. The predicted octanol–water partition coefficient (Wildman–Crippen LogP) is 2.83. The van der Waals surface area contributed by atoms with Gasteiger partial charge in [-0.3, -0.25) is 9.36 Å². The van der Waals surface area contributed by atoms with E-state index in [2.05, 4.69) is 15.5 Å². The maximum atomic E-state index is 12.3. The van der Waals surface area contributed by atoms with Crippen molar-refractivity contribution in [2.45, 2.75) is 13.8 Å². The minimum absolute atomic E-state index is 0.0633. The maximum absolute atomic E-state index is 12.3. The monoisotopic (exact) mass is 336 g/mol. The third kappa shape index (κ3) is 3.40. The van der Waals surface area contributed by atoms with E-state index in [1.165, 1.54) is 12.1 Å². The van der Waals surface area contributed by atoms with Crippen LogP contribution in [0.5, 0.6) is 0 Å². The van der Waals surface area contributed by atoms with Crippen LogP contribution in [0.3, 0.4) is 0 Å². The molecule has 0 saturated carbocycles. The van der Waals surface area contributed by atoms with E-state index in [4.69, 9.17) is 0 Å². The Morgan fingerprint density at radius 3 is 2.20 bits per heavy atom. The molecule has 3 rings (SSSR count). The minimum Gasteiger partial charge on any atom is -0.478 e.